The van der Waals surface area contributed by atoms with Crippen LogP contribution in [0.25, 0.3) is 43.1 Å². The first-order valence-electron chi connectivity index (χ1n) is 27.6. The fraction of sp³-hybridized carbons (Fsp3) is 0.178. The number of anilines is 1. The van der Waals surface area contributed by atoms with Gasteiger partial charge in [0, 0.05) is 41.1 Å². The maximum atomic E-state index is 12.8. The number of aliphatic carboxylic acids is 1. The molecule has 0 saturated carbocycles. The van der Waals surface area contributed by atoms with Crippen molar-refractivity contribution in [1.82, 2.24) is 0 Å². The molecule has 0 aliphatic carbocycles. The number of benzene rings is 10. The summed E-state index contributed by atoms with van der Waals surface area (Å²) in [6.07, 6.45) is 15.6. The third kappa shape index (κ3) is 9.16. The lowest BCUT2D eigenvalue weighted by Crippen LogP contribution is -2.39. The van der Waals surface area contributed by atoms with Gasteiger partial charge in [-0.25, -0.2) is 0 Å². The van der Waals surface area contributed by atoms with Gasteiger partial charge in [0.05, 0.1) is 22.9 Å². The van der Waals surface area contributed by atoms with Crippen LogP contribution in [-0.2, 0) is 41.3 Å². The van der Waals surface area contributed by atoms with Crippen molar-refractivity contribution in [2.75, 3.05) is 18.0 Å². The van der Waals surface area contributed by atoms with E-state index in [4.69, 9.17) is 0 Å². The second-order valence-corrected chi connectivity index (χ2v) is 21.8. The van der Waals surface area contributed by atoms with Crippen LogP contribution in [0.4, 0.5) is 11.4 Å². The number of hydrogen-bond acceptors (Lipinski definition) is 2. The predicted octanol–water partition coefficient (Wildman–Crippen LogP) is 16.9. The van der Waals surface area contributed by atoms with Crippen molar-refractivity contribution < 1.29 is 14.5 Å². The highest BCUT2D eigenvalue weighted by Gasteiger charge is 2.53. The van der Waals surface area contributed by atoms with Gasteiger partial charge in [0.1, 0.15) is 6.54 Å². The first-order valence-corrected chi connectivity index (χ1v) is 27.6. The van der Waals surface area contributed by atoms with Gasteiger partial charge in [-0.15, -0.1) is 0 Å². The molecule has 2 aliphatic heterocycles. The second-order valence-electron chi connectivity index (χ2n) is 21.8. The Kier molecular flexibility index (Phi) is 13.6. The molecule has 4 nitrogen and oxygen atoms in total. The first-order chi connectivity index (χ1) is 37.8. The minimum atomic E-state index is -0.815. The standard InChI is InChI=1S/C73H64N2O2/c1-52(2)44-46-74-65(72(48-53-26-8-3-9-27-53,49-54-28-10-4-11-29-54)68-61-38-22-18-34-57(61)59-36-20-24-40-63(59)70(68)74)42-16-7-17-43-66-73(50-55-30-12-5-13-31-55,51-56-32-14-6-15-33-56)69-62-39-23-19-35-58(62)60-37-21-25-41-64(60)71(69)75(66)47-45-67(76)77/h3-43,52H,44-51H2,1-2H3/p+1. The molecule has 0 aromatic heterocycles. The summed E-state index contributed by atoms with van der Waals surface area (Å²) in [7, 11) is 0. The molecule has 0 radical (unpaired) electrons. The van der Waals surface area contributed by atoms with E-state index in [-0.39, 0.29) is 6.42 Å². The van der Waals surface area contributed by atoms with Crippen molar-refractivity contribution in [3.8, 4) is 0 Å². The lowest BCUT2D eigenvalue weighted by Gasteiger charge is -2.35. The molecular weight excluding hydrogens is 937 g/mol. The fourth-order valence-corrected chi connectivity index (χ4v) is 13.3. The molecule has 378 valence electrons. The van der Waals surface area contributed by atoms with E-state index in [2.05, 4.69) is 272 Å². The monoisotopic (exact) mass is 1000 g/mol. The van der Waals surface area contributed by atoms with E-state index in [0.29, 0.717) is 12.5 Å². The van der Waals surface area contributed by atoms with E-state index >= 15 is 0 Å². The van der Waals surface area contributed by atoms with Crippen LogP contribution in [0.5, 0.6) is 0 Å². The van der Waals surface area contributed by atoms with Crippen molar-refractivity contribution in [3.05, 3.63) is 288 Å². The Morgan fingerprint density at radius 1 is 0.481 bits per heavy atom. The van der Waals surface area contributed by atoms with Gasteiger partial charge in [0.25, 0.3) is 0 Å². The van der Waals surface area contributed by atoms with Crippen molar-refractivity contribution in [3.63, 3.8) is 0 Å². The van der Waals surface area contributed by atoms with Crippen LogP contribution in [0.15, 0.2) is 254 Å². The van der Waals surface area contributed by atoms with Crippen LogP contribution in [0, 0.1) is 5.92 Å². The number of fused-ring (bicyclic) bond motifs is 12. The smallest absolute Gasteiger partial charge is 0.305 e. The van der Waals surface area contributed by atoms with E-state index in [1.54, 1.807) is 0 Å². The molecule has 0 atom stereocenters. The van der Waals surface area contributed by atoms with Gasteiger partial charge in [0.2, 0.25) is 5.69 Å². The van der Waals surface area contributed by atoms with Crippen LogP contribution in [0.3, 0.4) is 0 Å². The summed E-state index contributed by atoms with van der Waals surface area (Å²) in [6.45, 7) is 5.89. The maximum absolute atomic E-state index is 12.8. The fourth-order valence-electron chi connectivity index (χ4n) is 13.3. The molecule has 2 aliphatic rings. The van der Waals surface area contributed by atoms with Crippen LogP contribution in [0.2, 0.25) is 0 Å². The van der Waals surface area contributed by atoms with E-state index in [0.717, 1.165) is 55.4 Å². The molecule has 0 fully saturated rings. The molecule has 0 spiro atoms. The SMILES string of the molecule is CC(C)CC[N+]1=C(/C=C\C=C/C=C2N(CCC(=O)O)c3c(c4ccccc4c4ccccc34)C2(Cc2ccccc2)Cc2ccccc2)C(Cc2ccccc2)(Cc2ccccc2)c2c1c1ccccc1c1ccccc21. The Morgan fingerprint density at radius 3 is 1.36 bits per heavy atom. The summed E-state index contributed by atoms with van der Waals surface area (Å²) in [5.74, 6) is -0.314. The molecular formula is C73H65N2O2+. The largest absolute Gasteiger partial charge is 0.481 e. The summed E-state index contributed by atoms with van der Waals surface area (Å²) in [4.78, 5) is 15.1. The molecule has 0 saturated heterocycles. The highest BCUT2D eigenvalue weighted by molar-refractivity contribution is 6.20. The molecule has 4 heteroatoms. The summed E-state index contributed by atoms with van der Waals surface area (Å²) in [6, 6.07) is 79.6. The van der Waals surface area contributed by atoms with Gasteiger partial charge < -0.3 is 10.0 Å². The summed E-state index contributed by atoms with van der Waals surface area (Å²) in [5, 5.41) is 20.3. The zero-order chi connectivity index (χ0) is 52.3. The molecule has 0 unspecified atom stereocenters. The van der Waals surface area contributed by atoms with E-state index < -0.39 is 16.8 Å². The number of carboxylic acid groups (broad SMARTS) is 1. The third-order valence-electron chi connectivity index (χ3n) is 16.5. The highest BCUT2D eigenvalue weighted by atomic mass is 16.4. The van der Waals surface area contributed by atoms with E-state index in [1.165, 1.54) is 82.5 Å². The van der Waals surface area contributed by atoms with Crippen LogP contribution in [0.1, 0.15) is 60.1 Å². The Balaban J connectivity index is 1.10. The zero-order valence-corrected chi connectivity index (χ0v) is 44.2. The number of rotatable bonds is 17. The van der Waals surface area contributed by atoms with Gasteiger partial charge in [0.15, 0.2) is 5.71 Å². The van der Waals surface area contributed by atoms with Gasteiger partial charge in [-0.05, 0) is 104 Å². The summed E-state index contributed by atoms with van der Waals surface area (Å²) >= 11 is 0. The number of carbonyl (C=O) groups is 1. The minimum absolute atomic E-state index is 0.00628. The first kappa shape index (κ1) is 49.3. The molecule has 0 bridgehead atoms. The van der Waals surface area contributed by atoms with E-state index in [9.17, 15) is 9.90 Å². The lowest BCUT2D eigenvalue weighted by molar-refractivity contribution is -0.437. The van der Waals surface area contributed by atoms with Gasteiger partial charge in [-0.2, -0.15) is 4.58 Å². The molecule has 10 aromatic carbocycles. The van der Waals surface area contributed by atoms with Gasteiger partial charge in [-0.1, -0.05) is 244 Å². The average molecular weight is 1000 g/mol. The van der Waals surface area contributed by atoms with Crippen molar-refractivity contribution in [1.29, 1.82) is 0 Å². The van der Waals surface area contributed by atoms with Crippen molar-refractivity contribution >= 4 is 66.1 Å². The Bertz CT molecular complexity index is 3840. The average Bonchev–Trinajstić information content (AvgIpc) is 4.14. The maximum Gasteiger partial charge on any atom is 0.305 e. The second kappa shape index (κ2) is 21.2. The predicted molar refractivity (Wildman–Crippen MR) is 322 cm³/mol. The number of allylic oxidation sites excluding steroid dienone is 6. The van der Waals surface area contributed by atoms with Crippen molar-refractivity contribution in [2.24, 2.45) is 5.92 Å². The van der Waals surface area contributed by atoms with Crippen molar-refractivity contribution in [2.45, 2.75) is 63.2 Å². The zero-order valence-electron chi connectivity index (χ0n) is 44.2. The highest BCUT2D eigenvalue weighted by Crippen LogP contribution is 2.58. The molecule has 12 rings (SSSR count). The summed E-state index contributed by atoms with van der Waals surface area (Å²) < 4.78 is 2.70. The van der Waals surface area contributed by atoms with E-state index in [1.807, 2.05) is 0 Å². The van der Waals surface area contributed by atoms with Gasteiger partial charge >= 0.3 is 5.97 Å². The summed E-state index contributed by atoms with van der Waals surface area (Å²) in [5.41, 5.74) is 11.5. The Hall–Kier alpha value is -8.60. The van der Waals surface area contributed by atoms with Gasteiger partial charge in [-0.3, -0.25) is 4.79 Å². The minimum Gasteiger partial charge on any atom is -0.481 e. The van der Waals surface area contributed by atoms with Crippen LogP contribution < -0.4 is 4.90 Å². The molecule has 1 N–H and O–H groups in total. The Morgan fingerprint density at radius 2 is 0.883 bits per heavy atom. The number of carboxylic acids is 1. The number of nitrogens with zero attached hydrogens (tertiary/aromatic N) is 2. The van der Waals surface area contributed by atoms with Crippen LogP contribution in [-0.4, -0.2) is 34.5 Å². The molecule has 0 amide bonds. The third-order valence-corrected chi connectivity index (χ3v) is 16.5. The molecule has 2 heterocycles. The quantitative estimate of drug-likeness (QED) is 0.0562. The number of hydrogen-bond donors (Lipinski definition) is 1. The Labute approximate surface area is 453 Å². The normalized spacial score (nSPS) is 15.3. The lowest BCUT2D eigenvalue weighted by atomic mass is 9.67. The topological polar surface area (TPSA) is 43.5 Å². The molecule has 10 aromatic rings. The molecule has 77 heavy (non-hydrogen) atoms. The van der Waals surface area contributed by atoms with Crippen LogP contribution >= 0.6 is 0 Å².